The van der Waals surface area contributed by atoms with Gasteiger partial charge < -0.3 is 15.8 Å². The highest BCUT2D eigenvalue weighted by Gasteiger charge is 2.27. The second kappa shape index (κ2) is 6.63. The van der Waals surface area contributed by atoms with Crippen LogP contribution in [0.5, 0.6) is 0 Å². The molecule has 88 valence electrons. The minimum absolute atomic E-state index is 0. The molecule has 3 N–H and O–H groups in total. The Balaban J connectivity index is 0.00000196. The number of esters is 1. The number of piperidine rings is 1. The molecule has 1 aliphatic heterocycles. The van der Waals surface area contributed by atoms with Gasteiger partial charge in [-0.25, -0.2) is 0 Å². The predicted octanol–water partition coefficient (Wildman–Crippen LogP) is -0.175. The molecule has 6 heteroatoms. The summed E-state index contributed by atoms with van der Waals surface area (Å²) in [6, 6.07) is -0.686. The van der Waals surface area contributed by atoms with Gasteiger partial charge in [-0.2, -0.15) is 0 Å². The molecule has 5 nitrogen and oxygen atoms in total. The van der Waals surface area contributed by atoms with E-state index in [1.165, 1.54) is 7.11 Å². The predicted molar refractivity (Wildman–Crippen MR) is 57.6 cm³/mol. The summed E-state index contributed by atoms with van der Waals surface area (Å²) >= 11 is 0. The van der Waals surface area contributed by atoms with E-state index in [1.54, 1.807) is 0 Å². The summed E-state index contributed by atoms with van der Waals surface area (Å²) in [6.45, 7) is 0.725. The van der Waals surface area contributed by atoms with Gasteiger partial charge in [0.15, 0.2) is 0 Å². The molecular weight excluding hydrogens is 220 g/mol. The number of rotatable bonds is 3. The molecule has 2 atom stereocenters. The summed E-state index contributed by atoms with van der Waals surface area (Å²) in [6.07, 6.45) is 2.12. The van der Waals surface area contributed by atoms with Crippen molar-refractivity contribution >= 4 is 24.3 Å². The Morgan fingerprint density at radius 2 is 2.40 bits per heavy atom. The topological polar surface area (TPSA) is 81.4 Å². The SMILES string of the molecule is COC(=O)[C@@H](N)C[C@@H]1CCCNC1=O.Cl. The van der Waals surface area contributed by atoms with E-state index in [0.717, 1.165) is 19.4 Å². The Bertz CT molecular complexity index is 235. The van der Waals surface area contributed by atoms with Crippen LogP contribution in [0.2, 0.25) is 0 Å². The number of methoxy groups -OCH3 is 1. The number of hydrogen-bond acceptors (Lipinski definition) is 4. The number of carbonyl (C=O) groups is 2. The molecule has 0 aliphatic carbocycles. The van der Waals surface area contributed by atoms with Crippen molar-refractivity contribution in [3.8, 4) is 0 Å². The third kappa shape index (κ3) is 4.05. The van der Waals surface area contributed by atoms with Gasteiger partial charge in [-0.15, -0.1) is 12.4 Å². The first-order valence-corrected chi connectivity index (χ1v) is 4.76. The van der Waals surface area contributed by atoms with Crippen LogP contribution in [0, 0.1) is 5.92 Å². The van der Waals surface area contributed by atoms with E-state index in [9.17, 15) is 9.59 Å². The second-order valence-corrected chi connectivity index (χ2v) is 3.50. The number of ether oxygens (including phenoxy) is 1. The number of nitrogens with two attached hydrogens (primary N) is 1. The minimum atomic E-state index is -0.686. The summed E-state index contributed by atoms with van der Waals surface area (Å²) in [5.74, 6) is -0.600. The monoisotopic (exact) mass is 236 g/mol. The van der Waals surface area contributed by atoms with Gasteiger partial charge in [0.1, 0.15) is 6.04 Å². The fourth-order valence-corrected chi connectivity index (χ4v) is 1.61. The van der Waals surface area contributed by atoms with Crippen molar-refractivity contribution in [1.82, 2.24) is 5.32 Å². The Kier molecular flexibility index (Phi) is 6.27. The van der Waals surface area contributed by atoms with Crippen LogP contribution in [-0.2, 0) is 14.3 Å². The Labute approximate surface area is 95.1 Å². The van der Waals surface area contributed by atoms with Crippen LogP contribution in [0.3, 0.4) is 0 Å². The van der Waals surface area contributed by atoms with Crippen LogP contribution in [0.15, 0.2) is 0 Å². The maximum absolute atomic E-state index is 11.3. The van der Waals surface area contributed by atoms with Gasteiger partial charge >= 0.3 is 5.97 Å². The van der Waals surface area contributed by atoms with Crippen molar-refractivity contribution in [3.05, 3.63) is 0 Å². The Morgan fingerprint density at radius 3 is 2.93 bits per heavy atom. The number of amides is 1. The lowest BCUT2D eigenvalue weighted by molar-refractivity contribution is -0.142. The van der Waals surface area contributed by atoms with Crippen LogP contribution < -0.4 is 11.1 Å². The maximum atomic E-state index is 11.3. The van der Waals surface area contributed by atoms with E-state index in [0.29, 0.717) is 6.42 Å². The van der Waals surface area contributed by atoms with E-state index in [1.807, 2.05) is 0 Å². The molecule has 1 heterocycles. The number of nitrogens with one attached hydrogen (secondary N) is 1. The third-order valence-corrected chi connectivity index (χ3v) is 2.44. The summed E-state index contributed by atoms with van der Waals surface area (Å²) in [4.78, 5) is 22.3. The lowest BCUT2D eigenvalue weighted by Crippen LogP contribution is -2.42. The normalized spacial score (nSPS) is 22.3. The smallest absolute Gasteiger partial charge is 0.322 e. The van der Waals surface area contributed by atoms with Gasteiger partial charge in [0, 0.05) is 12.5 Å². The Morgan fingerprint density at radius 1 is 1.73 bits per heavy atom. The van der Waals surface area contributed by atoms with Crippen LogP contribution in [0.25, 0.3) is 0 Å². The van der Waals surface area contributed by atoms with Crippen LogP contribution in [0.1, 0.15) is 19.3 Å². The minimum Gasteiger partial charge on any atom is -0.468 e. The maximum Gasteiger partial charge on any atom is 0.322 e. The van der Waals surface area contributed by atoms with Gasteiger partial charge in [-0.05, 0) is 19.3 Å². The van der Waals surface area contributed by atoms with Crippen molar-refractivity contribution in [3.63, 3.8) is 0 Å². The molecule has 0 aromatic carbocycles. The van der Waals surface area contributed by atoms with Crippen molar-refractivity contribution in [2.45, 2.75) is 25.3 Å². The molecule has 0 aromatic rings. The molecule has 15 heavy (non-hydrogen) atoms. The third-order valence-electron chi connectivity index (χ3n) is 2.44. The van der Waals surface area contributed by atoms with E-state index < -0.39 is 12.0 Å². The summed E-state index contributed by atoms with van der Waals surface area (Å²) in [5.41, 5.74) is 5.57. The number of halogens is 1. The average molecular weight is 237 g/mol. The van der Waals surface area contributed by atoms with Crippen molar-refractivity contribution in [2.24, 2.45) is 11.7 Å². The lowest BCUT2D eigenvalue weighted by atomic mass is 9.92. The average Bonchev–Trinajstić information content (AvgIpc) is 2.20. The van der Waals surface area contributed by atoms with Crippen molar-refractivity contribution in [1.29, 1.82) is 0 Å². The molecule has 0 radical (unpaired) electrons. The van der Waals surface area contributed by atoms with Crippen molar-refractivity contribution in [2.75, 3.05) is 13.7 Å². The van der Waals surface area contributed by atoms with Crippen molar-refractivity contribution < 1.29 is 14.3 Å². The van der Waals surface area contributed by atoms with Gasteiger partial charge in [-0.1, -0.05) is 0 Å². The van der Waals surface area contributed by atoms with E-state index in [2.05, 4.69) is 10.1 Å². The summed E-state index contributed by atoms with van der Waals surface area (Å²) < 4.78 is 4.49. The van der Waals surface area contributed by atoms with Gasteiger partial charge in [0.25, 0.3) is 0 Å². The zero-order valence-corrected chi connectivity index (χ0v) is 9.51. The van der Waals surface area contributed by atoms with E-state index >= 15 is 0 Å². The zero-order chi connectivity index (χ0) is 10.6. The number of carbonyl (C=O) groups excluding carboxylic acids is 2. The second-order valence-electron chi connectivity index (χ2n) is 3.50. The van der Waals surface area contributed by atoms with E-state index in [-0.39, 0.29) is 24.2 Å². The molecule has 1 amide bonds. The van der Waals surface area contributed by atoms with Gasteiger partial charge in [0.2, 0.25) is 5.91 Å². The molecule has 0 aromatic heterocycles. The first-order chi connectivity index (χ1) is 6.65. The fourth-order valence-electron chi connectivity index (χ4n) is 1.61. The van der Waals surface area contributed by atoms with Crippen LogP contribution in [0.4, 0.5) is 0 Å². The first kappa shape index (κ1) is 14.2. The first-order valence-electron chi connectivity index (χ1n) is 4.76. The molecule has 0 spiro atoms. The van der Waals surface area contributed by atoms with E-state index in [4.69, 9.17) is 5.73 Å². The Hall–Kier alpha value is -0.810. The lowest BCUT2D eigenvalue weighted by Gasteiger charge is -2.23. The summed E-state index contributed by atoms with van der Waals surface area (Å²) in [5, 5.41) is 2.75. The molecule has 1 rings (SSSR count). The molecule has 1 saturated heterocycles. The molecular formula is C9H17ClN2O3. The highest BCUT2D eigenvalue weighted by molar-refractivity contribution is 5.85. The fraction of sp³-hybridized carbons (Fsp3) is 0.778. The number of hydrogen-bond donors (Lipinski definition) is 2. The zero-order valence-electron chi connectivity index (χ0n) is 8.69. The highest BCUT2D eigenvalue weighted by atomic mass is 35.5. The molecule has 0 unspecified atom stereocenters. The van der Waals surface area contributed by atoms with Crippen LogP contribution >= 0.6 is 12.4 Å². The molecule has 1 aliphatic rings. The quantitative estimate of drug-likeness (QED) is 0.667. The summed E-state index contributed by atoms with van der Waals surface area (Å²) in [7, 11) is 1.29. The van der Waals surface area contributed by atoms with Gasteiger partial charge in [-0.3, -0.25) is 9.59 Å². The van der Waals surface area contributed by atoms with Gasteiger partial charge in [0.05, 0.1) is 7.11 Å². The van der Waals surface area contributed by atoms with Crippen LogP contribution in [-0.4, -0.2) is 31.6 Å². The molecule has 0 saturated carbocycles. The molecule has 0 bridgehead atoms. The largest absolute Gasteiger partial charge is 0.468 e. The highest BCUT2D eigenvalue weighted by Crippen LogP contribution is 2.16. The standard InChI is InChI=1S/C9H16N2O3.ClH/c1-14-9(13)7(10)5-6-3-2-4-11-8(6)12;/h6-7H,2-5,10H2,1H3,(H,11,12);1H/t6-,7-;/m0./s1. The molecule has 1 fully saturated rings.